The third-order valence-electron chi connectivity index (χ3n) is 2.33. The van der Waals surface area contributed by atoms with E-state index in [9.17, 15) is 4.79 Å². The fraction of sp³-hybridized carbons (Fsp3) is 0.300. The van der Waals surface area contributed by atoms with Crippen LogP contribution in [0.5, 0.6) is 0 Å². The second-order valence-corrected chi connectivity index (χ2v) is 3.86. The maximum Gasteiger partial charge on any atom is 0.222 e. The molecule has 0 aliphatic carbocycles. The summed E-state index contributed by atoms with van der Waals surface area (Å²) in [4.78, 5) is 15.0. The quantitative estimate of drug-likeness (QED) is 0.800. The number of nitriles is 1. The first kappa shape index (κ1) is 10.7. The van der Waals surface area contributed by atoms with E-state index in [0.29, 0.717) is 29.4 Å². The summed E-state index contributed by atoms with van der Waals surface area (Å²) < 4.78 is 0. The summed E-state index contributed by atoms with van der Waals surface area (Å²) in [6, 6.07) is 3.50. The summed E-state index contributed by atoms with van der Waals surface area (Å²) in [5.74, 6) is 0.451. The number of aromatic nitrogens is 1. The smallest absolute Gasteiger partial charge is 0.222 e. The van der Waals surface area contributed by atoms with Crippen LogP contribution in [0.15, 0.2) is 12.3 Å². The van der Waals surface area contributed by atoms with Gasteiger partial charge in [-0.1, -0.05) is 11.6 Å². The van der Waals surface area contributed by atoms with E-state index in [1.165, 1.54) is 6.20 Å². The van der Waals surface area contributed by atoms with Gasteiger partial charge in [0.1, 0.15) is 16.9 Å². The fourth-order valence-corrected chi connectivity index (χ4v) is 1.74. The number of nitrogens with one attached hydrogen (secondary N) is 2. The molecule has 1 saturated heterocycles. The van der Waals surface area contributed by atoms with Gasteiger partial charge in [-0.3, -0.25) is 4.79 Å². The molecule has 2 rings (SSSR count). The molecule has 1 unspecified atom stereocenters. The van der Waals surface area contributed by atoms with Crippen molar-refractivity contribution in [3.63, 3.8) is 0 Å². The summed E-state index contributed by atoms with van der Waals surface area (Å²) in [6.07, 6.45) is 1.91. The number of halogens is 1. The Labute approximate surface area is 97.4 Å². The van der Waals surface area contributed by atoms with Gasteiger partial charge in [-0.15, -0.1) is 0 Å². The topological polar surface area (TPSA) is 77.8 Å². The molecule has 0 bridgehead atoms. The van der Waals surface area contributed by atoms with Crippen LogP contribution in [0.4, 0.5) is 5.82 Å². The van der Waals surface area contributed by atoms with Crippen LogP contribution in [-0.2, 0) is 4.79 Å². The number of carbonyl (C=O) groups excluding carboxylic acids is 1. The molecule has 0 saturated carbocycles. The lowest BCUT2D eigenvalue weighted by molar-refractivity contribution is -0.119. The van der Waals surface area contributed by atoms with E-state index in [1.807, 2.05) is 6.07 Å². The van der Waals surface area contributed by atoms with Crippen LogP contribution >= 0.6 is 11.6 Å². The largest absolute Gasteiger partial charge is 0.364 e. The number of carbonyl (C=O) groups is 1. The molecule has 6 heteroatoms. The number of pyridine rings is 1. The Balaban J connectivity index is 2.16. The number of anilines is 1. The summed E-state index contributed by atoms with van der Waals surface area (Å²) >= 11 is 5.97. The lowest BCUT2D eigenvalue weighted by Gasteiger charge is -2.12. The highest BCUT2D eigenvalue weighted by Crippen LogP contribution is 2.24. The maximum absolute atomic E-state index is 11.0. The van der Waals surface area contributed by atoms with E-state index in [1.54, 1.807) is 6.07 Å². The van der Waals surface area contributed by atoms with Crippen molar-refractivity contribution in [3.8, 4) is 6.07 Å². The maximum atomic E-state index is 11.0. The molecule has 2 N–H and O–H groups in total. The van der Waals surface area contributed by atoms with E-state index in [0.717, 1.165) is 0 Å². The van der Waals surface area contributed by atoms with Gasteiger partial charge in [0.2, 0.25) is 5.91 Å². The zero-order valence-corrected chi connectivity index (χ0v) is 9.08. The molecule has 82 valence electrons. The Morgan fingerprint density at radius 2 is 2.50 bits per heavy atom. The first-order valence-electron chi connectivity index (χ1n) is 4.78. The van der Waals surface area contributed by atoms with Crippen molar-refractivity contribution in [2.75, 3.05) is 11.9 Å². The van der Waals surface area contributed by atoms with Crippen LogP contribution in [0.1, 0.15) is 12.0 Å². The number of nitrogens with zero attached hydrogens (tertiary/aromatic N) is 2. The van der Waals surface area contributed by atoms with Gasteiger partial charge in [0.15, 0.2) is 0 Å². The van der Waals surface area contributed by atoms with E-state index in [2.05, 4.69) is 15.6 Å². The molecule has 1 aliphatic heterocycles. The molecule has 1 aliphatic rings. The molecule has 5 nitrogen and oxygen atoms in total. The molecule has 1 fully saturated rings. The van der Waals surface area contributed by atoms with Crippen molar-refractivity contribution in [2.24, 2.45) is 0 Å². The van der Waals surface area contributed by atoms with E-state index < -0.39 is 0 Å². The van der Waals surface area contributed by atoms with Crippen molar-refractivity contribution >= 4 is 23.3 Å². The molecule has 2 heterocycles. The first-order valence-corrected chi connectivity index (χ1v) is 5.16. The van der Waals surface area contributed by atoms with Crippen molar-refractivity contribution in [1.82, 2.24) is 10.3 Å². The predicted octanol–water partition coefficient (Wildman–Crippen LogP) is 0.907. The Morgan fingerprint density at radius 3 is 3.12 bits per heavy atom. The van der Waals surface area contributed by atoms with Crippen LogP contribution in [0, 0.1) is 11.3 Å². The molecule has 1 aromatic rings. The highest BCUT2D eigenvalue weighted by atomic mass is 35.5. The minimum atomic E-state index is -0.0218. The summed E-state index contributed by atoms with van der Waals surface area (Å²) in [7, 11) is 0. The molecule has 16 heavy (non-hydrogen) atoms. The van der Waals surface area contributed by atoms with Gasteiger partial charge in [-0.25, -0.2) is 4.98 Å². The summed E-state index contributed by atoms with van der Waals surface area (Å²) in [5, 5.41) is 14.8. The van der Waals surface area contributed by atoms with E-state index >= 15 is 0 Å². The van der Waals surface area contributed by atoms with Gasteiger partial charge in [-0.05, 0) is 6.07 Å². The Kier molecular flexibility index (Phi) is 2.93. The minimum absolute atomic E-state index is 0.00469. The summed E-state index contributed by atoms with van der Waals surface area (Å²) in [6.45, 7) is 0.549. The van der Waals surface area contributed by atoms with Crippen LogP contribution in [0.3, 0.4) is 0 Å². The number of amides is 1. The highest BCUT2D eigenvalue weighted by molar-refractivity contribution is 6.34. The van der Waals surface area contributed by atoms with Crippen LogP contribution in [0.2, 0.25) is 5.02 Å². The van der Waals surface area contributed by atoms with Crippen molar-refractivity contribution in [1.29, 1.82) is 5.26 Å². The van der Waals surface area contributed by atoms with E-state index in [4.69, 9.17) is 16.9 Å². The Bertz CT molecular complexity index is 468. The second kappa shape index (κ2) is 4.37. The third kappa shape index (κ3) is 2.07. The number of hydrogen-bond donors (Lipinski definition) is 2. The zero-order valence-electron chi connectivity index (χ0n) is 8.33. The molecule has 0 spiro atoms. The lowest BCUT2D eigenvalue weighted by atomic mass is 10.2. The molecular weight excluding hydrogens is 228 g/mol. The van der Waals surface area contributed by atoms with Gasteiger partial charge in [0.25, 0.3) is 0 Å². The highest BCUT2D eigenvalue weighted by Gasteiger charge is 2.22. The second-order valence-electron chi connectivity index (χ2n) is 3.48. The molecule has 1 aromatic heterocycles. The van der Waals surface area contributed by atoms with Gasteiger partial charge >= 0.3 is 0 Å². The van der Waals surface area contributed by atoms with Gasteiger partial charge < -0.3 is 10.6 Å². The normalized spacial score (nSPS) is 19.0. The lowest BCUT2D eigenvalue weighted by Crippen LogP contribution is -2.23. The first-order chi connectivity index (χ1) is 7.70. The predicted molar refractivity (Wildman–Crippen MR) is 59.0 cm³/mol. The Hall–Kier alpha value is -1.80. The standard InChI is InChI=1S/C10H9ClN4O/c11-9-6(4-12)1-2-13-10(9)15-7-3-8(16)14-5-7/h1-2,7H,3,5H2,(H,13,15)(H,14,16). The minimum Gasteiger partial charge on any atom is -0.364 e. The molecule has 0 aromatic carbocycles. The van der Waals surface area contributed by atoms with Crippen molar-refractivity contribution < 1.29 is 4.79 Å². The van der Waals surface area contributed by atoms with Crippen LogP contribution < -0.4 is 10.6 Å². The molecule has 1 atom stereocenters. The molecule has 0 radical (unpaired) electrons. The fourth-order valence-electron chi connectivity index (χ4n) is 1.53. The molecule has 1 amide bonds. The zero-order chi connectivity index (χ0) is 11.5. The number of rotatable bonds is 2. The Morgan fingerprint density at radius 1 is 1.69 bits per heavy atom. The van der Waals surface area contributed by atoms with Gasteiger partial charge in [0.05, 0.1) is 11.6 Å². The van der Waals surface area contributed by atoms with E-state index in [-0.39, 0.29) is 11.9 Å². The summed E-state index contributed by atoms with van der Waals surface area (Å²) in [5.41, 5.74) is 0.372. The van der Waals surface area contributed by atoms with Crippen LogP contribution in [-0.4, -0.2) is 23.5 Å². The van der Waals surface area contributed by atoms with Crippen molar-refractivity contribution in [2.45, 2.75) is 12.5 Å². The average Bonchev–Trinajstić information content (AvgIpc) is 2.67. The molecular formula is C10H9ClN4O. The SMILES string of the molecule is N#Cc1ccnc(NC2CNC(=O)C2)c1Cl. The van der Waals surface area contributed by atoms with Crippen molar-refractivity contribution in [3.05, 3.63) is 22.8 Å². The monoisotopic (exact) mass is 236 g/mol. The van der Waals surface area contributed by atoms with Crippen LogP contribution in [0.25, 0.3) is 0 Å². The number of hydrogen-bond acceptors (Lipinski definition) is 4. The average molecular weight is 237 g/mol. The third-order valence-corrected chi connectivity index (χ3v) is 2.71. The van der Waals surface area contributed by atoms with Gasteiger partial charge in [0, 0.05) is 19.2 Å². The van der Waals surface area contributed by atoms with Gasteiger partial charge in [-0.2, -0.15) is 5.26 Å².